The third kappa shape index (κ3) is 5.21. The van der Waals surface area contributed by atoms with Crippen LogP contribution in [0.1, 0.15) is 36.8 Å². The van der Waals surface area contributed by atoms with Gasteiger partial charge in [0.25, 0.3) is 0 Å². The van der Waals surface area contributed by atoms with E-state index >= 15 is 0 Å². The molecular weight excluding hydrogens is 400 g/mol. The summed E-state index contributed by atoms with van der Waals surface area (Å²) in [6, 6.07) is 14.1. The lowest BCUT2D eigenvalue weighted by molar-refractivity contribution is -0.143. The Balaban J connectivity index is 1.57. The number of aliphatic carboxylic acids is 1. The van der Waals surface area contributed by atoms with Crippen LogP contribution in [0.15, 0.2) is 48.5 Å². The average molecular weight is 426 g/mol. The van der Waals surface area contributed by atoms with Crippen molar-refractivity contribution >= 4 is 18.0 Å². The SMILES string of the molecule is CC[C@@H](CC(=O)N[C@@H](CO)C(=O)O)NC(=O)OCC1c2ccccc2-c2ccccc21. The van der Waals surface area contributed by atoms with Gasteiger partial charge >= 0.3 is 12.1 Å². The van der Waals surface area contributed by atoms with Crippen LogP contribution in [0.3, 0.4) is 0 Å². The number of alkyl carbamates (subject to hydrolysis) is 1. The van der Waals surface area contributed by atoms with E-state index in [4.69, 9.17) is 14.9 Å². The van der Waals surface area contributed by atoms with Crippen LogP contribution in [0.25, 0.3) is 11.1 Å². The van der Waals surface area contributed by atoms with Gasteiger partial charge in [-0.05, 0) is 28.7 Å². The fourth-order valence-electron chi connectivity index (χ4n) is 3.77. The molecule has 0 unspecified atom stereocenters. The van der Waals surface area contributed by atoms with E-state index in [1.165, 1.54) is 0 Å². The molecule has 0 heterocycles. The lowest BCUT2D eigenvalue weighted by Gasteiger charge is -2.19. The van der Waals surface area contributed by atoms with Gasteiger partial charge in [0, 0.05) is 18.4 Å². The molecule has 8 nitrogen and oxygen atoms in total. The van der Waals surface area contributed by atoms with Crippen molar-refractivity contribution in [3.05, 3.63) is 59.7 Å². The standard InChI is InChI=1S/C23H26N2O6/c1-2-14(11-21(27)25-20(12-26)22(28)29)24-23(30)31-13-19-17-9-5-3-7-15(17)16-8-4-6-10-18(16)19/h3-10,14,19-20,26H,2,11-13H2,1H3,(H,24,30)(H,25,27)(H,28,29)/t14-,20-/m0/s1. The van der Waals surface area contributed by atoms with Gasteiger partial charge in [-0.1, -0.05) is 55.5 Å². The molecule has 0 saturated carbocycles. The van der Waals surface area contributed by atoms with Gasteiger partial charge in [0.15, 0.2) is 0 Å². The van der Waals surface area contributed by atoms with Crippen molar-refractivity contribution in [1.82, 2.24) is 10.6 Å². The fourth-order valence-corrected chi connectivity index (χ4v) is 3.77. The average Bonchev–Trinajstić information content (AvgIpc) is 3.09. The number of ether oxygens (including phenoxy) is 1. The van der Waals surface area contributed by atoms with Gasteiger partial charge in [-0.3, -0.25) is 4.79 Å². The first-order valence-corrected chi connectivity index (χ1v) is 10.2. The van der Waals surface area contributed by atoms with Crippen LogP contribution in [0.4, 0.5) is 4.79 Å². The van der Waals surface area contributed by atoms with Gasteiger partial charge in [0.1, 0.15) is 12.6 Å². The van der Waals surface area contributed by atoms with Gasteiger partial charge in [0.2, 0.25) is 5.91 Å². The number of fused-ring (bicyclic) bond motifs is 3. The second kappa shape index (κ2) is 10.1. The number of hydrogen-bond acceptors (Lipinski definition) is 5. The lowest BCUT2D eigenvalue weighted by atomic mass is 9.98. The zero-order chi connectivity index (χ0) is 22.4. The molecule has 2 aromatic rings. The van der Waals surface area contributed by atoms with Crippen molar-refractivity contribution in [3.63, 3.8) is 0 Å². The summed E-state index contributed by atoms with van der Waals surface area (Å²) < 4.78 is 5.48. The van der Waals surface area contributed by atoms with Gasteiger partial charge < -0.3 is 25.6 Å². The van der Waals surface area contributed by atoms with E-state index in [1.54, 1.807) is 6.92 Å². The van der Waals surface area contributed by atoms with Crippen molar-refractivity contribution in [2.45, 2.75) is 37.8 Å². The Hall–Kier alpha value is -3.39. The monoisotopic (exact) mass is 426 g/mol. The number of benzene rings is 2. The Morgan fingerprint density at radius 2 is 1.58 bits per heavy atom. The molecule has 2 aromatic carbocycles. The molecule has 0 spiro atoms. The number of carboxylic acids is 1. The van der Waals surface area contributed by atoms with Crippen LogP contribution in [-0.2, 0) is 14.3 Å². The largest absolute Gasteiger partial charge is 0.480 e. The molecule has 2 amide bonds. The summed E-state index contributed by atoms with van der Waals surface area (Å²) in [5.41, 5.74) is 4.47. The predicted molar refractivity (Wildman–Crippen MR) is 114 cm³/mol. The highest BCUT2D eigenvalue weighted by atomic mass is 16.5. The van der Waals surface area contributed by atoms with Crippen LogP contribution >= 0.6 is 0 Å². The Labute approximate surface area is 180 Å². The molecule has 1 aliphatic rings. The number of hydrogen-bond donors (Lipinski definition) is 4. The maximum Gasteiger partial charge on any atom is 0.407 e. The zero-order valence-electron chi connectivity index (χ0n) is 17.2. The van der Waals surface area contributed by atoms with Crippen molar-refractivity contribution < 1.29 is 29.3 Å². The minimum Gasteiger partial charge on any atom is -0.480 e. The van der Waals surface area contributed by atoms with Gasteiger partial charge in [-0.15, -0.1) is 0 Å². The van der Waals surface area contributed by atoms with Gasteiger partial charge in [-0.25, -0.2) is 9.59 Å². The van der Waals surface area contributed by atoms with Crippen LogP contribution in [0, 0.1) is 0 Å². The summed E-state index contributed by atoms with van der Waals surface area (Å²) in [5, 5.41) is 22.8. The molecule has 0 bridgehead atoms. The molecule has 3 rings (SSSR count). The van der Waals surface area contributed by atoms with Gasteiger partial charge in [0.05, 0.1) is 6.61 Å². The fraction of sp³-hybridized carbons (Fsp3) is 0.348. The molecule has 0 aromatic heterocycles. The highest BCUT2D eigenvalue weighted by Gasteiger charge is 2.29. The Kier molecular flexibility index (Phi) is 7.25. The number of aliphatic hydroxyl groups excluding tert-OH is 1. The number of amides is 2. The zero-order valence-corrected chi connectivity index (χ0v) is 17.2. The van der Waals surface area contributed by atoms with Crippen LogP contribution in [-0.4, -0.2) is 53.5 Å². The predicted octanol–water partition coefficient (Wildman–Crippen LogP) is 2.26. The highest BCUT2D eigenvalue weighted by molar-refractivity contribution is 5.84. The Morgan fingerprint density at radius 3 is 2.10 bits per heavy atom. The molecule has 164 valence electrons. The topological polar surface area (TPSA) is 125 Å². The Morgan fingerprint density at radius 1 is 1.00 bits per heavy atom. The third-order valence-electron chi connectivity index (χ3n) is 5.41. The normalized spacial score (nSPS) is 14.1. The smallest absolute Gasteiger partial charge is 0.407 e. The van der Waals surface area contributed by atoms with E-state index in [2.05, 4.69) is 22.8 Å². The van der Waals surface area contributed by atoms with Crippen molar-refractivity contribution in [2.75, 3.05) is 13.2 Å². The molecule has 0 aliphatic heterocycles. The van der Waals surface area contributed by atoms with E-state index in [0.717, 1.165) is 22.3 Å². The third-order valence-corrected chi connectivity index (χ3v) is 5.41. The van der Waals surface area contributed by atoms with E-state index < -0.39 is 36.7 Å². The summed E-state index contributed by atoms with van der Waals surface area (Å²) in [6.07, 6.45) is -0.308. The molecule has 0 saturated heterocycles. The lowest BCUT2D eigenvalue weighted by Crippen LogP contribution is -2.46. The number of aliphatic hydroxyl groups is 1. The van der Waals surface area contributed by atoms with E-state index in [9.17, 15) is 14.4 Å². The van der Waals surface area contributed by atoms with E-state index in [1.807, 2.05) is 36.4 Å². The molecule has 4 N–H and O–H groups in total. The molecule has 8 heteroatoms. The number of carbonyl (C=O) groups excluding carboxylic acids is 2. The number of carbonyl (C=O) groups is 3. The molecule has 0 radical (unpaired) electrons. The first-order chi connectivity index (χ1) is 14.9. The summed E-state index contributed by atoms with van der Waals surface area (Å²) in [7, 11) is 0. The maximum absolute atomic E-state index is 12.4. The minimum atomic E-state index is -1.38. The highest BCUT2D eigenvalue weighted by Crippen LogP contribution is 2.44. The van der Waals surface area contributed by atoms with Crippen molar-refractivity contribution in [2.24, 2.45) is 0 Å². The first kappa shape index (κ1) is 22.3. The number of nitrogens with one attached hydrogen (secondary N) is 2. The quantitative estimate of drug-likeness (QED) is 0.487. The van der Waals surface area contributed by atoms with Crippen LogP contribution in [0.2, 0.25) is 0 Å². The van der Waals surface area contributed by atoms with Crippen LogP contribution in [0.5, 0.6) is 0 Å². The van der Waals surface area contributed by atoms with E-state index in [-0.39, 0.29) is 18.9 Å². The van der Waals surface area contributed by atoms with Crippen molar-refractivity contribution in [3.8, 4) is 11.1 Å². The van der Waals surface area contributed by atoms with Crippen LogP contribution < -0.4 is 10.6 Å². The summed E-state index contributed by atoms with van der Waals surface area (Å²) in [5.74, 6) is -1.97. The Bertz CT molecular complexity index is 915. The van der Waals surface area contributed by atoms with Gasteiger partial charge in [-0.2, -0.15) is 0 Å². The summed E-state index contributed by atoms with van der Waals surface area (Å²) in [6.45, 7) is 1.24. The maximum atomic E-state index is 12.4. The molecule has 0 fully saturated rings. The summed E-state index contributed by atoms with van der Waals surface area (Å²) in [4.78, 5) is 35.3. The second-order valence-corrected chi connectivity index (χ2v) is 7.42. The second-order valence-electron chi connectivity index (χ2n) is 7.42. The summed E-state index contributed by atoms with van der Waals surface area (Å²) >= 11 is 0. The molecule has 2 atom stereocenters. The molecule has 31 heavy (non-hydrogen) atoms. The molecular formula is C23H26N2O6. The first-order valence-electron chi connectivity index (χ1n) is 10.2. The minimum absolute atomic E-state index is 0.0672. The van der Waals surface area contributed by atoms with Crippen molar-refractivity contribution in [1.29, 1.82) is 0 Å². The molecule has 1 aliphatic carbocycles. The van der Waals surface area contributed by atoms with E-state index in [0.29, 0.717) is 6.42 Å². The number of carboxylic acid groups (broad SMARTS) is 1. The number of rotatable bonds is 9.